The number of rotatable bonds is 47. The van der Waals surface area contributed by atoms with Crippen LogP contribution in [-0.2, 0) is 4.79 Å². The molecule has 0 rings (SSSR count). The maximum Gasteiger partial charge on any atom is 0.249 e. The van der Waals surface area contributed by atoms with Gasteiger partial charge in [0, 0.05) is 0 Å². The summed E-state index contributed by atoms with van der Waals surface area (Å²) in [4.78, 5) is 12.4. The largest absolute Gasteiger partial charge is 0.394 e. The molecule has 0 saturated carbocycles. The number of hydrogen-bond acceptors (Lipinski definition) is 5. The van der Waals surface area contributed by atoms with E-state index in [1.807, 2.05) is 0 Å². The van der Waals surface area contributed by atoms with E-state index in [2.05, 4.69) is 43.5 Å². The summed E-state index contributed by atoms with van der Waals surface area (Å²) in [5, 5.41) is 43.0. The molecule has 0 aromatic carbocycles. The Morgan fingerprint density at radius 1 is 0.431 bits per heavy atom. The molecule has 4 unspecified atom stereocenters. The van der Waals surface area contributed by atoms with Crippen molar-refractivity contribution in [2.24, 2.45) is 0 Å². The van der Waals surface area contributed by atoms with Crippen LogP contribution in [0.15, 0.2) is 24.3 Å². The molecule has 6 heteroatoms. The molecule has 0 spiro atoms. The molecule has 344 valence electrons. The van der Waals surface area contributed by atoms with Crippen molar-refractivity contribution in [3.8, 4) is 0 Å². The van der Waals surface area contributed by atoms with E-state index in [-0.39, 0.29) is 0 Å². The molecule has 0 aliphatic heterocycles. The monoisotopic (exact) mass is 820 g/mol. The normalized spacial score (nSPS) is 14.1. The lowest BCUT2D eigenvalue weighted by atomic mass is 9.99. The van der Waals surface area contributed by atoms with E-state index in [0.29, 0.717) is 12.8 Å². The third-order valence-electron chi connectivity index (χ3n) is 12.2. The number of aliphatic hydroxyl groups is 4. The average Bonchev–Trinajstić information content (AvgIpc) is 3.23. The molecule has 0 aromatic heterocycles. The number of unbranched alkanes of at least 4 members (excludes halogenated alkanes) is 34. The molecule has 58 heavy (non-hydrogen) atoms. The highest BCUT2D eigenvalue weighted by atomic mass is 16.3. The predicted octanol–water partition coefficient (Wildman–Crippen LogP) is 14.3. The average molecular weight is 820 g/mol. The lowest BCUT2D eigenvalue weighted by Gasteiger charge is -2.27. The van der Waals surface area contributed by atoms with Gasteiger partial charge in [-0.2, -0.15) is 0 Å². The number of allylic oxidation sites excluding steroid dienone is 4. The first-order valence-electron chi connectivity index (χ1n) is 25.7. The van der Waals surface area contributed by atoms with Crippen molar-refractivity contribution < 1.29 is 25.2 Å². The van der Waals surface area contributed by atoms with Gasteiger partial charge in [0.05, 0.1) is 18.8 Å². The highest BCUT2D eigenvalue weighted by molar-refractivity contribution is 5.80. The Balaban J connectivity index is 3.42. The summed E-state index contributed by atoms with van der Waals surface area (Å²) in [6.07, 6.45) is 56.2. The zero-order valence-electron chi connectivity index (χ0n) is 38.8. The number of hydrogen-bond donors (Lipinski definition) is 5. The first-order chi connectivity index (χ1) is 28.5. The van der Waals surface area contributed by atoms with Crippen molar-refractivity contribution in [3.63, 3.8) is 0 Å². The minimum absolute atomic E-state index is 0.370. The van der Waals surface area contributed by atoms with E-state index in [0.717, 1.165) is 51.4 Å². The maximum atomic E-state index is 12.4. The number of carbonyl (C=O) groups is 1. The zero-order chi connectivity index (χ0) is 42.4. The molecule has 0 aromatic rings. The van der Waals surface area contributed by atoms with Gasteiger partial charge in [-0.1, -0.05) is 250 Å². The quantitative estimate of drug-likeness (QED) is 0.0310. The summed E-state index contributed by atoms with van der Waals surface area (Å²) >= 11 is 0. The Morgan fingerprint density at radius 3 is 1.10 bits per heavy atom. The Labute approximate surface area is 361 Å². The van der Waals surface area contributed by atoms with Crippen molar-refractivity contribution in [1.29, 1.82) is 0 Å². The van der Waals surface area contributed by atoms with Gasteiger partial charge < -0.3 is 25.7 Å². The van der Waals surface area contributed by atoms with Crippen LogP contribution >= 0.6 is 0 Å². The van der Waals surface area contributed by atoms with Crippen molar-refractivity contribution in [1.82, 2.24) is 5.32 Å². The summed E-state index contributed by atoms with van der Waals surface area (Å²) in [6, 6.07) is -0.979. The van der Waals surface area contributed by atoms with E-state index in [4.69, 9.17) is 0 Å². The molecule has 0 aliphatic carbocycles. The van der Waals surface area contributed by atoms with Crippen LogP contribution in [0.5, 0.6) is 0 Å². The van der Waals surface area contributed by atoms with Crippen LogP contribution in [0.3, 0.4) is 0 Å². The molecule has 5 N–H and O–H groups in total. The van der Waals surface area contributed by atoms with Gasteiger partial charge in [0.2, 0.25) is 5.91 Å². The van der Waals surface area contributed by atoms with Crippen LogP contribution in [0.25, 0.3) is 0 Å². The van der Waals surface area contributed by atoms with Crippen molar-refractivity contribution >= 4 is 5.91 Å². The number of carbonyl (C=O) groups excluding carboxylic acids is 1. The smallest absolute Gasteiger partial charge is 0.249 e. The molecule has 0 aliphatic rings. The third kappa shape index (κ3) is 40.2. The molecule has 0 fully saturated rings. The predicted molar refractivity (Wildman–Crippen MR) is 251 cm³/mol. The standard InChI is InChI=1S/C52H101NO5/c1-3-5-7-9-10-11-12-13-14-15-16-17-18-19-20-21-22-23-24-25-26-27-28-29-30-31-32-33-34-35-36-37-38-39-40-41-42-44-46-50(56)52(58)53-48(47-54)51(57)49(55)45-43-8-6-4-2/h22-23,25-26,48-51,54-57H,3-21,24,27-47H2,1-2H3,(H,53,58)/b23-22-,26-25-. The molecular formula is C52H101NO5. The molecular weight excluding hydrogens is 719 g/mol. The minimum Gasteiger partial charge on any atom is -0.394 e. The number of nitrogens with one attached hydrogen (secondary N) is 1. The lowest BCUT2D eigenvalue weighted by Crippen LogP contribution is -2.53. The van der Waals surface area contributed by atoms with E-state index in [1.165, 1.54) is 193 Å². The van der Waals surface area contributed by atoms with Crippen molar-refractivity contribution in [2.75, 3.05) is 6.61 Å². The summed E-state index contributed by atoms with van der Waals surface area (Å²) in [7, 11) is 0. The SMILES string of the molecule is CCCCCCCCCCCCCCCCC/C=C\C/C=C\CCCCCCCCCCCCCCCCCCC(O)C(=O)NC(CO)C(O)C(O)CCCCCC. The Hall–Kier alpha value is -1.21. The molecule has 6 nitrogen and oxygen atoms in total. The topological polar surface area (TPSA) is 110 Å². The Bertz CT molecular complexity index is 878. The van der Waals surface area contributed by atoms with Gasteiger partial charge in [-0.05, 0) is 44.9 Å². The van der Waals surface area contributed by atoms with E-state index in [9.17, 15) is 25.2 Å². The third-order valence-corrected chi connectivity index (χ3v) is 12.2. The Morgan fingerprint density at radius 2 is 0.741 bits per heavy atom. The second kappa shape index (κ2) is 46.8. The van der Waals surface area contributed by atoms with Gasteiger partial charge in [0.25, 0.3) is 0 Å². The summed E-state index contributed by atoms with van der Waals surface area (Å²) in [6.45, 7) is 3.92. The van der Waals surface area contributed by atoms with Crippen molar-refractivity contribution in [2.45, 2.75) is 295 Å². The summed E-state index contributed by atoms with van der Waals surface area (Å²) in [5.74, 6) is -0.589. The molecule has 0 heterocycles. The van der Waals surface area contributed by atoms with E-state index >= 15 is 0 Å². The van der Waals surface area contributed by atoms with E-state index in [1.54, 1.807) is 0 Å². The fourth-order valence-corrected chi connectivity index (χ4v) is 8.08. The molecule has 1 amide bonds. The van der Waals surface area contributed by atoms with Gasteiger partial charge in [0.15, 0.2) is 0 Å². The summed E-state index contributed by atoms with van der Waals surface area (Å²) < 4.78 is 0. The first-order valence-corrected chi connectivity index (χ1v) is 25.7. The molecule has 4 atom stereocenters. The van der Waals surface area contributed by atoms with Crippen LogP contribution < -0.4 is 5.32 Å². The lowest BCUT2D eigenvalue weighted by molar-refractivity contribution is -0.132. The first kappa shape index (κ1) is 56.8. The summed E-state index contributed by atoms with van der Waals surface area (Å²) in [5.41, 5.74) is 0. The van der Waals surface area contributed by atoms with Gasteiger partial charge in [-0.25, -0.2) is 0 Å². The van der Waals surface area contributed by atoms with Crippen LogP contribution in [0.2, 0.25) is 0 Å². The molecule has 0 bridgehead atoms. The number of amides is 1. The highest BCUT2D eigenvalue weighted by Crippen LogP contribution is 2.17. The van der Waals surface area contributed by atoms with Crippen LogP contribution in [0, 0.1) is 0 Å². The van der Waals surface area contributed by atoms with E-state index < -0.39 is 36.9 Å². The van der Waals surface area contributed by atoms with Gasteiger partial charge >= 0.3 is 0 Å². The van der Waals surface area contributed by atoms with Crippen LogP contribution in [-0.4, -0.2) is 57.3 Å². The van der Waals surface area contributed by atoms with Gasteiger partial charge in [-0.3, -0.25) is 4.79 Å². The second-order valence-electron chi connectivity index (χ2n) is 17.9. The van der Waals surface area contributed by atoms with Crippen LogP contribution in [0.4, 0.5) is 0 Å². The minimum atomic E-state index is -1.25. The molecule has 0 radical (unpaired) electrons. The van der Waals surface area contributed by atoms with Crippen LogP contribution in [0.1, 0.15) is 271 Å². The number of aliphatic hydroxyl groups excluding tert-OH is 4. The fraction of sp³-hybridized carbons (Fsp3) is 0.904. The van der Waals surface area contributed by atoms with Gasteiger partial charge in [0.1, 0.15) is 12.2 Å². The highest BCUT2D eigenvalue weighted by Gasteiger charge is 2.28. The maximum absolute atomic E-state index is 12.4. The zero-order valence-corrected chi connectivity index (χ0v) is 38.8. The fourth-order valence-electron chi connectivity index (χ4n) is 8.08. The van der Waals surface area contributed by atoms with Crippen molar-refractivity contribution in [3.05, 3.63) is 24.3 Å². The molecule has 0 saturated heterocycles. The van der Waals surface area contributed by atoms with Gasteiger partial charge in [-0.15, -0.1) is 0 Å². The Kier molecular flexibility index (Phi) is 45.9. The second-order valence-corrected chi connectivity index (χ2v) is 17.9.